The zero-order valence-electron chi connectivity index (χ0n) is 5.58. The van der Waals surface area contributed by atoms with Gasteiger partial charge in [0.2, 0.25) is 0 Å². The molecule has 0 spiro atoms. The highest BCUT2D eigenvalue weighted by molar-refractivity contribution is 6.29. The highest BCUT2D eigenvalue weighted by Crippen LogP contribution is 2.17. The van der Waals surface area contributed by atoms with Crippen LogP contribution in [0.25, 0.3) is 0 Å². The lowest BCUT2D eigenvalue weighted by Crippen LogP contribution is -2.17. The molecule has 54 valence electrons. The summed E-state index contributed by atoms with van der Waals surface area (Å²) in [6.45, 7) is 3.58. The lowest BCUT2D eigenvalue weighted by atomic mass is 10.1. The molecule has 0 aromatic carbocycles. The van der Waals surface area contributed by atoms with Gasteiger partial charge in [0, 0.05) is 11.3 Å². The molecule has 1 nitrogen and oxygen atoms in total. The van der Waals surface area contributed by atoms with Gasteiger partial charge >= 0.3 is 0 Å². The molecule has 0 amide bonds. The van der Waals surface area contributed by atoms with E-state index in [4.69, 9.17) is 23.2 Å². The molecule has 0 aromatic rings. The Kier molecular flexibility index (Phi) is 3.52. The number of carbonyl (C=O) groups is 1. The quantitative estimate of drug-likeness (QED) is 0.592. The van der Waals surface area contributed by atoms with Crippen LogP contribution in [0.3, 0.4) is 0 Å². The molecule has 0 saturated carbocycles. The number of halogens is 2. The maximum Gasteiger partial charge on any atom is 0.149 e. The maximum absolute atomic E-state index is 10.6. The van der Waals surface area contributed by atoms with Crippen LogP contribution < -0.4 is 0 Å². The van der Waals surface area contributed by atoms with Crippen molar-refractivity contribution < 1.29 is 4.79 Å². The van der Waals surface area contributed by atoms with Crippen molar-refractivity contribution in [2.75, 3.05) is 5.88 Å². The molecule has 0 atom stereocenters. The third-order valence-corrected chi connectivity index (χ3v) is 1.20. The monoisotopic (exact) mass is 168 g/mol. The summed E-state index contributed by atoms with van der Waals surface area (Å²) in [5.41, 5.74) is 0. The SMILES string of the molecule is CC(C)(Cl)CC(=O)CCl. The van der Waals surface area contributed by atoms with Gasteiger partial charge in [0.1, 0.15) is 5.78 Å². The fourth-order valence-electron chi connectivity index (χ4n) is 0.516. The van der Waals surface area contributed by atoms with E-state index >= 15 is 0 Å². The van der Waals surface area contributed by atoms with Gasteiger partial charge in [-0.05, 0) is 13.8 Å². The zero-order chi connectivity index (χ0) is 7.49. The standard InChI is InChI=1S/C6H10Cl2O/c1-6(2,8)3-5(9)4-7/h3-4H2,1-2H3. The zero-order valence-corrected chi connectivity index (χ0v) is 7.09. The number of alkyl halides is 2. The predicted octanol–water partition coefficient (Wildman–Crippen LogP) is 2.20. The van der Waals surface area contributed by atoms with E-state index < -0.39 is 4.87 Å². The Labute approximate surface area is 65.3 Å². The molecule has 3 heteroatoms. The van der Waals surface area contributed by atoms with Gasteiger partial charge in [-0.3, -0.25) is 4.79 Å². The Morgan fingerprint density at radius 2 is 2.00 bits per heavy atom. The number of hydrogen-bond acceptors (Lipinski definition) is 1. The molecule has 0 fully saturated rings. The topological polar surface area (TPSA) is 17.1 Å². The van der Waals surface area contributed by atoms with Crippen molar-refractivity contribution in [3.8, 4) is 0 Å². The molecule has 0 rings (SSSR count). The smallest absolute Gasteiger partial charge is 0.149 e. The fraction of sp³-hybridized carbons (Fsp3) is 0.833. The van der Waals surface area contributed by atoms with Gasteiger partial charge < -0.3 is 0 Å². The van der Waals surface area contributed by atoms with Gasteiger partial charge in [0.15, 0.2) is 0 Å². The Balaban J connectivity index is 3.60. The summed E-state index contributed by atoms with van der Waals surface area (Å²) < 4.78 is 0. The minimum atomic E-state index is -0.439. The molecule has 0 aliphatic rings. The van der Waals surface area contributed by atoms with Crippen molar-refractivity contribution >= 4 is 29.0 Å². The van der Waals surface area contributed by atoms with Crippen molar-refractivity contribution in [1.29, 1.82) is 0 Å². The average Bonchev–Trinajstić information content (AvgIpc) is 1.62. The van der Waals surface area contributed by atoms with Gasteiger partial charge in [-0.1, -0.05) is 0 Å². The van der Waals surface area contributed by atoms with Crippen LogP contribution in [-0.4, -0.2) is 16.5 Å². The van der Waals surface area contributed by atoms with Gasteiger partial charge in [-0.25, -0.2) is 0 Å². The maximum atomic E-state index is 10.6. The van der Waals surface area contributed by atoms with E-state index in [0.29, 0.717) is 6.42 Å². The van der Waals surface area contributed by atoms with Crippen LogP contribution in [0.2, 0.25) is 0 Å². The van der Waals surface area contributed by atoms with E-state index in [1.807, 2.05) is 0 Å². The lowest BCUT2D eigenvalue weighted by molar-refractivity contribution is -0.117. The highest BCUT2D eigenvalue weighted by Gasteiger charge is 2.16. The first-order valence-corrected chi connectivity index (χ1v) is 3.63. The van der Waals surface area contributed by atoms with Crippen LogP contribution in [0.4, 0.5) is 0 Å². The Hall–Kier alpha value is 0.250. The molecule has 0 aromatic heterocycles. The minimum Gasteiger partial charge on any atom is -0.298 e. The summed E-state index contributed by atoms with van der Waals surface area (Å²) in [4.78, 5) is 10.2. The van der Waals surface area contributed by atoms with Crippen LogP contribution in [0.1, 0.15) is 20.3 Å². The molecule has 0 N–H and O–H groups in total. The van der Waals surface area contributed by atoms with E-state index in [1.165, 1.54) is 0 Å². The van der Waals surface area contributed by atoms with Crippen LogP contribution in [0.5, 0.6) is 0 Å². The number of Topliss-reactive ketones (excluding diaryl/α,β-unsaturated/α-hetero) is 1. The summed E-state index contributed by atoms with van der Waals surface area (Å²) in [5.74, 6) is 0.0625. The van der Waals surface area contributed by atoms with Crippen LogP contribution in [-0.2, 0) is 4.79 Å². The lowest BCUT2D eigenvalue weighted by Gasteiger charge is -2.12. The third kappa shape index (κ3) is 6.13. The molecule has 0 heterocycles. The molecule has 0 aliphatic carbocycles. The van der Waals surface area contributed by atoms with Crippen LogP contribution in [0, 0.1) is 0 Å². The third-order valence-electron chi connectivity index (χ3n) is 0.767. The molecule has 0 saturated heterocycles. The summed E-state index contributed by atoms with van der Waals surface area (Å²) in [6.07, 6.45) is 0.345. The van der Waals surface area contributed by atoms with E-state index in [0.717, 1.165) is 0 Å². The van der Waals surface area contributed by atoms with E-state index in [-0.39, 0.29) is 11.7 Å². The minimum absolute atomic E-state index is 0.00309. The first kappa shape index (κ1) is 9.25. The van der Waals surface area contributed by atoms with Crippen molar-refractivity contribution in [2.24, 2.45) is 0 Å². The van der Waals surface area contributed by atoms with Gasteiger partial charge in [-0.2, -0.15) is 0 Å². The van der Waals surface area contributed by atoms with Crippen LogP contribution in [0.15, 0.2) is 0 Å². The summed E-state index contributed by atoms with van der Waals surface area (Å²) >= 11 is 11.0. The first-order chi connectivity index (χ1) is 3.95. The molecular formula is C6H10Cl2O. The highest BCUT2D eigenvalue weighted by atomic mass is 35.5. The summed E-state index contributed by atoms with van der Waals surface area (Å²) in [5, 5.41) is 0. The fourth-order valence-corrected chi connectivity index (χ4v) is 0.760. The van der Waals surface area contributed by atoms with Gasteiger partial charge in [-0.15, -0.1) is 23.2 Å². The Morgan fingerprint density at radius 3 is 2.11 bits per heavy atom. The molecule has 0 aliphatic heterocycles. The van der Waals surface area contributed by atoms with E-state index in [9.17, 15) is 4.79 Å². The molecular weight excluding hydrogens is 159 g/mol. The van der Waals surface area contributed by atoms with Gasteiger partial charge in [0.05, 0.1) is 5.88 Å². The van der Waals surface area contributed by atoms with E-state index in [2.05, 4.69) is 0 Å². The summed E-state index contributed by atoms with van der Waals surface area (Å²) in [6, 6.07) is 0. The second-order valence-electron chi connectivity index (χ2n) is 2.57. The molecule has 0 radical (unpaired) electrons. The summed E-state index contributed by atoms with van der Waals surface area (Å²) in [7, 11) is 0. The molecule has 9 heavy (non-hydrogen) atoms. The van der Waals surface area contributed by atoms with E-state index in [1.54, 1.807) is 13.8 Å². The van der Waals surface area contributed by atoms with Crippen molar-refractivity contribution in [1.82, 2.24) is 0 Å². The molecule has 0 unspecified atom stereocenters. The normalized spacial score (nSPS) is 11.6. The largest absolute Gasteiger partial charge is 0.298 e. The number of ketones is 1. The number of hydrogen-bond donors (Lipinski definition) is 0. The second kappa shape index (κ2) is 3.43. The van der Waals surface area contributed by atoms with Crippen molar-refractivity contribution in [2.45, 2.75) is 25.1 Å². The first-order valence-electron chi connectivity index (χ1n) is 2.72. The van der Waals surface area contributed by atoms with Crippen LogP contribution >= 0.6 is 23.2 Å². The second-order valence-corrected chi connectivity index (χ2v) is 3.86. The Morgan fingerprint density at radius 1 is 1.56 bits per heavy atom. The van der Waals surface area contributed by atoms with Gasteiger partial charge in [0.25, 0.3) is 0 Å². The predicted molar refractivity (Wildman–Crippen MR) is 40.3 cm³/mol. The molecule has 0 bridgehead atoms. The average molecular weight is 169 g/mol. The van der Waals surface area contributed by atoms with Crippen molar-refractivity contribution in [3.05, 3.63) is 0 Å². The Bertz CT molecular complexity index is 104. The number of rotatable bonds is 3. The van der Waals surface area contributed by atoms with Crippen molar-refractivity contribution in [3.63, 3.8) is 0 Å². The number of carbonyl (C=O) groups excluding carboxylic acids is 1.